The first-order valence-corrected chi connectivity index (χ1v) is 8.81. The largest absolute Gasteiger partial charge is 0.462 e. The van der Waals surface area contributed by atoms with E-state index in [0.29, 0.717) is 5.02 Å². The van der Waals surface area contributed by atoms with Crippen LogP contribution in [0.25, 0.3) is 5.69 Å². The molecule has 0 fully saturated rings. The van der Waals surface area contributed by atoms with E-state index in [1.165, 1.54) is 10.9 Å². The van der Waals surface area contributed by atoms with Crippen molar-refractivity contribution < 1.29 is 14.3 Å². The van der Waals surface area contributed by atoms with Gasteiger partial charge in [-0.05, 0) is 36.8 Å². The number of rotatable bonds is 6. The standard InChI is InChI=1S/C20H18ClN3O3/c1-2-27-20(26)17-13-22-24(16-6-4-3-5-7-16)19(17)23-18(25)12-14-8-10-15(21)11-9-14/h3-11,13H,2,12H2,1H3,(H,23,25). The molecule has 1 aromatic heterocycles. The monoisotopic (exact) mass is 383 g/mol. The summed E-state index contributed by atoms with van der Waals surface area (Å²) in [5.41, 5.74) is 1.72. The van der Waals surface area contributed by atoms with E-state index in [4.69, 9.17) is 16.3 Å². The number of aromatic nitrogens is 2. The highest BCUT2D eigenvalue weighted by Crippen LogP contribution is 2.22. The van der Waals surface area contributed by atoms with Gasteiger partial charge in [0.15, 0.2) is 5.82 Å². The number of nitrogens with one attached hydrogen (secondary N) is 1. The number of halogens is 1. The molecule has 3 rings (SSSR count). The quantitative estimate of drug-likeness (QED) is 0.655. The van der Waals surface area contributed by atoms with Crippen molar-refractivity contribution in [2.45, 2.75) is 13.3 Å². The number of esters is 1. The van der Waals surface area contributed by atoms with Crippen molar-refractivity contribution in [3.63, 3.8) is 0 Å². The predicted molar refractivity (Wildman–Crippen MR) is 103 cm³/mol. The Labute approximate surface area is 161 Å². The van der Waals surface area contributed by atoms with E-state index < -0.39 is 5.97 Å². The summed E-state index contributed by atoms with van der Waals surface area (Å²) in [5, 5.41) is 7.64. The molecule has 3 aromatic rings. The molecular weight excluding hydrogens is 366 g/mol. The van der Waals surface area contributed by atoms with Gasteiger partial charge in [0.1, 0.15) is 5.56 Å². The summed E-state index contributed by atoms with van der Waals surface area (Å²) in [6.07, 6.45) is 1.53. The lowest BCUT2D eigenvalue weighted by Crippen LogP contribution is -2.19. The number of hydrogen-bond donors (Lipinski definition) is 1. The van der Waals surface area contributed by atoms with E-state index in [9.17, 15) is 9.59 Å². The first-order valence-electron chi connectivity index (χ1n) is 8.43. The Morgan fingerprint density at radius 3 is 2.48 bits per heavy atom. The van der Waals surface area contributed by atoms with E-state index in [1.807, 2.05) is 30.3 Å². The summed E-state index contributed by atoms with van der Waals surface area (Å²) in [5.74, 6) is -0.541. The SMILES string of the molecule is CCOC(=O)c1cnn(-c2ccccc2)c1NC(=O)Cc1ccc(Cl)cc1. The van der Waals surface area contributed by atoms with Gasteiger partial charge in [0.05, 0.1) is 24.9 Å². The van der Waals surface area contributed by atoms with E-state index in [2.05, 4.69) is 10.4 Å². The smallest absolute Gasteiger partial charge is 0.343 e. The van der Waals surface area contributed by atoms with Crippen LogP contribution in [-0.4, -0.2) is 28.3 Å². The van der Waals surface area contributed by atoms with Gasteiger partial charge in [0.25, 0.3) is 0 Å². The number of hydrogen-bond acceptors (Lipinski definition) is 4. The van der Waals surface area contributed by atoms with Crippen molar-refractivity contribution in [3.8, 4) is 5.69 Å². The fraction of sp³-hybridized carbons (Fsp3) is 0.150. The Hall–Kier alpha value is -3.12. The van der Waals surface area contributed by atoms with Crippen LogP contribution >= 0.6 is 11.6 Å². The molecule has 0 aliphatic heterocycles. The average Bonchev–Trinajstić information content (AvgIpc) is 3.08. The maximum Gasteiger partial charge on any atom is 0.343 e. The maximum absolute atomic E-state index is 12.5. The van der Waals surface area contributed by atoms with Crippen molar-refractivity contribution in [2.24, 2.45) is 0 Å². The Bertz CT molecular complexity index is 937. The van der Waals surface area contributed by atoms with Crippen molar-refractivity contribution in [1.29, 1.82) is 0 Å². The van der Waals surface area contributed by atoms with Gasteiger partial charge in [-0.25, -0.2) is 9.48 Å². The third kappa shape index (κ3) is 4.54. The van der Waals surface area contributed by atoms with Crippen LogP contribution in [0.4, 0.5) is 5.82 Å². The second-order valence-corrected chi connectivity index (χ2v) is 6.16. The minimum atomic E-state index is -0.540. The Morgan fingerprint density at radius 2 is 1.81 bits per heavy atom. The summed E-state index contributed by atoms with van der Waals surface area (Å²) in [4.78, 5) is 24.8. The molecule has 6 nitrogen and oxygen atoms in total. The molecular formula is C20H18ClN3O3. The molecule has 0 spiro atoms. The van der Waals surface area contributed by atoms with Gasteiger partial charge >= 0.3 is 5.97 Å². The lowest BCUT2D eigenvalue weighted by molar-refractivity contribution is -0.115. The Kier molecular flexibility index (Phi) is 5.88. The minimum absolute atomic E-state index is 0.138. The molecule has 0 saturated carbocycles. The number of para-hydroxylation sites is 1. The van der Waals surface area contributed by atoms with Crippen LogP contribution in [0.3, 0.4) is 0 Å². The van der Waals surface area contributed by atoms with Crippen LogP contribution < -0.4 is 5.32 Å². The maximum atomic E-state index is 12.5. The summed E-state index contributed by atoms with van der Waals surface area (Å²) >= 11 is 5.87. The molecule has 138 valence electrons. The second-order valence-electron chi connectivity index (χ2n) is 5.73. The molecule has 7 heteroatoms. The number of nitrogens with zero attached hydrogens (tertiary/aromatic N) is 2. The third-order valence-electron chi connectivity index (χ3n) is 3.80. The number of carbonyl (C=O) groups is 2. The summed E-state index contributed by atoms with van der Waals surface area (Å²) < 4.78 is 6.58. The van der Waals surface area contributed by atoms with Crippen molar-refractivity contribution in [2.75, 3.05) is 11.9 Å². The molecule has 1 heterocycles. The Balaban J connectivity index is 1.89. The number of amides is 1. The van der Waals surface area contributed by atoms with Gasteiger partial charge in [-0.1, -0.05) is 41.9 Å². The number of ether oxygens (including phenoxy) is 1. The molecule has 0 bridgehead atoms. The highest BCUT2D eigenvalue weighted by molar-refractivity contribution is 6.30. The van der Waals surface area contributed by atoms with Gasteiger partial charge in [0, 0.05) is 5.02 Å². The van der Waals surface area contributed by atoms with E-state index in [-0.39, 0.29) is 30.3 Å². The zero-order chi connectivity index (χ0) is 19.2. The zero-order valence-corrected chi connectivity index (χ0v) is 15.4. The summed E-state index contributed by atoms with van der Waals surface area (Å²) in [7, 11) is 0. The third-order valence-corrected chi connectivity index (χ3v) is 4.05. The topological polar surface area (TPSA) is 73.2 Å². The fourth-order valence-electron chi connectivity index (χ4n) is 2.56. The molecule has 27 heavy (non-hydrogen) atoms. The van der Waals surface area contributed by atoms with Crippen LogP contribution in [0.15, 0.2) is 60.8 Å². The van der Waals surface area contributed by atoms with E-state index in [0.717, 1.165) is 11.3 Å². The first-order chi connectivity index (χ1) is 13.1. The molecule has 2 aromatic carbocycles. The molecule has 0 aliphatic carbocycles. The first kappa shape index (κ1) is 18.7. The van der Waals surface area contributed by atoms with Crippen LogP contribution in [0.5, 0.6) is 0 Å². The van der Waals surface area contributed by atoms with E-state index in [1.54, 1.807) is 31.2 Å². The molecule has 0 radical (unpaired) electrons. The molecule has 0 atom stereocenters. The fourth-order valence-corrected chi connectivity index (χ4v) is 2.68. The van der Waals surface area contributed by atoms with Gasteiger partial charge in [-0.2, -0.15) is 5.10 Å². The van der Waals surface area contributed by atoms with Crippen LogP contribution in [-0.2, 0) is 16.0 Å². The van der Waals surface area contributed by atoms with Crippen LogP contribution in [0.1, 0.15) is 22.8 Å². The normalized spacial score (nSPS) is 10.4. The Morgan fingerprint density at radius 1 is 1.11 bits per heavy atom. The molecule has 0 unspecified atom stereocenters. The molecule has 0 saturated heterocycles. The lowest BCUT2D eigenvalue weighted by Gasteiger charge is -2.11. The molecule has 1 N–H and O–H groups in total. The number of benzene rings is 2. The van der Waals surface area contributed by atoms with E-state index >= 15 is 0 Å². The predicted octanol–water partition coefficient (Wildman–Crippen LogP) is 3.88. The summed E-state index contributed by atoms with van der Waals surface area (Å²) in [6.45, 7) is 1.95. The van der Waals surface area contributed by atoms with Gasteiger partial charge in [-0.3, -0.25) is 4.79 Å². The van der Waals surface area contributed by atoms with Crippen molar-refractivity contribution in [1.82, 2.24) is 9.78 Å². The van der Waals surface area contributed by atoms with Crippen molar-refractivity contribution >= 4 is 29.3 Å². The molecule has 1 amide bonds. The zero-order valence-electron chi connectivity index (χ0n) is 14.7. The number of anilines is 1. The second kappa shape index (κ2) is 8.51. The van der Waals surface area contributed by atoms with Crippen molar-refractivity contribution in [3.05, 3.63) is 76.9 Å². The lowest BCUT2D eigenvalue weighted by atomic mass is 10.1. The highest BCUT2D eigenvalue weighted by atomic mass is 35.5. The minimum Gasteiger partial charge on any atom is -0.462 e. The summed E-state index contributed by atoms with van der Waals surface area (Å²) in [6, 6.07) is 16.2. The average molecular weight is 384 g/mol. The van der Waals surface area contributed by atoms with Crippen LogP contribution in [0, 0.1) is 0 Å². The van der Waals surface area contributed by atoms with Gasteiger partial charge in [-0.15, -0.1) is 0 Å². The molecule has 0 aliphatic rings. The van der Waals surface area contributed by atoms with Gasteiger partial charge in [0.2, 0.25) is 5.91 Å². The number of carbonyl (C=O) groups excluding carboxylic acids is 2. The van der Waals surface area contributed by atoms with Crippen LogP contribution in [0.2, 0.25) is 5.02 Å². The van der Waals surface area contributed by atoms with Gasteiger partial charge < -0.3 is 10.1 Å². The highest BCUT2D eigenvalue weighted by Gasteiger charge is 2.21.